The van der Waals surface area contributed by atoms with Crippen LogP contribution in [-0.2, 0) is 16.1 Å². The summed E-state index contributed by atoms with van der Waals surface area (Å²) in [5.74, 6) is 0.246. The number of rotatable bonds is 2. The number of carbonyl (C=O) groups excluding carboxylic acids is 2. The van der Waals surface area contributed by atoms with Gasteiger partial charge in [-0.15, -0.1) is 0 Å². The van der Waals surface area contributed by atoms with Gasteiger partial charge in [0.05, 0.1) is 6.54 Å². The second-order valence-corrected chi connectivity index (χ2v) is 5.27. The monoisotopic (exact) mass is 263 g/mol. The van der Waals surface area contributed by atoms with Crippen LogP contribution in [0.5, 0.6) is 11.5 Å². The highest BCUT2D eigenvalue weighted by atomic mass is 16.5. The summed E-state index contributed by atoms with van der Waals surface area (Å²) < 4.78 is 5.69. The summed E-state index contributed by atoms with van der Waals surface area (Å²) in [4.78, 5) is 25.1. The molecular weight excluding hydrogens is 246 g/mol. The van der Waals surface area contributed by atoms with Crippen LogP contribution in [0.15, 0.2) is 18.2 Å². The van der Waals surface area contributed by atoms with E-state index in [-0.39, 0.29) is 24.0 Å². The zero-order valence-electron chi connectivity index (χ0n) is 11.3. The normalized spacial score (nSPS) is 17.4. The van der Waals surface area contributed by atoms with Crippen LogP contribution in [0.4, 0.5) is 0 Å². The maximum atomic E-state index is 12.3. The number of Topliss-reactive ketones (excluding diaryl/α,β-unsaturated/α-hetero) is 1. The summed E-state index contributed by atoms with van der Waals surface area (Å²) >= 11 is 0. The lowest BCUT2D eigenvalue weighted by Gasteiger charge is -2.27. The molecule has 5 nitrogen and oxygen atoms in total. The van der Waals surface area contributed by atoms with Gasteiger partial charge in [-0.25, -0.2) is 0 Å². The fourth-order valence-corrected chi connectivity index (χ4v) is 2.14. The molecule has 0 saturated carbocycles. The van der Waals surface area contributed by atoms with E-state index in [1.54, 1.807) is 19.9 Å². The number of nitrogens with zero attached hydrogens (tertiary/aromatic N) is 1. The van der Waals surface area contributed by atoms with Gasteiger partial charge in [0.2, 0.25) is 0 Å². The summed E-state index contributed by atoms with van der Waals surface area (Å²) in [5.41, 5.74) is -0.285. The molecule has 1 heterocycles. The van der Waals surface area contributed by atoms with Crippen LogP contribution in [0.1, 0.15) is 26.3 Å². The Balaban J connectivity index is 2.43. The van der Waals surface area contributed by atoms with Crippen molar-refractivity contribution < 1.29 is 19.4 Å². The van der Waals surface area contributed by atoms with Crippen molar-refractivity contribution in [3.63, 3.8) is 0 Å². The van der Waals surface area contributed by atoms with E-state index in [0.29, 0.717) is 12.3 Å². The predicted molar refractivity (Wildman–Crippen MR) is 68.9 cm³/mol. The summed E-state index contributed by atoms with van der Waals surface area (Å²) in [6.07, 6.45) is 0. The standard InChI is InChI=1S/C14H17NO4/c1-9(16)7-15-8-10-4-5-11(17)6-12(10)19-14(2,3)13(15)18/h4-6,17H,7-8H2,1-3H3. The van der Waals surface area contributed by atoms with Gasteiger partial charge in [-0.1, -0.05) is 0 Å². The second kappa shape index (κ2) is 4.57. The van der Waals surface area contributed by atoms with Gasteiger partial charge in [-0.05, 0) is 32.9 Å². The van der Waals surface area contributed by atoms with Gasteiger partial charge < -0.3 is 14.7 Å². The zero-order chi connectivity index (χ0) is 14.2. The number of phenols is 1. The van der Waals surface area contributed by atoms with Crippen molar-refractivity contribution in [1.29, 1.82) is 0 Å². The molecule has 1 aliphatic heterocycles. The Labute approximate surface area is 111 Å². The second-order valence-electron chi connectivity index (χ2n) is 5.27. The van der Waals surface area contributed by atoms with Crippen molar-refractivity contribution in [3.8, 4) is 11.5 Å². The molecule has 0 bridgehead atoms. The first-order chi connectivity index (χ1) is 8.79. The summed E-state index contributed by atoms with van der Waals surface area (Å²) in [6.45, 7) is 5.12. The number of fused-ring (bicyclic) bond motifs is 1. The van der Waals surface area contributed by atoms with Crippen LogP contribution in [0.25, 0.3) is 0 Å². The smallest absolute Gasteiger partial charge is 0.266 e. The number of ether oxygens (including phenoxy) is 1. The molecule has 0 aliphatic carbocycles. The number of carbonyl (C=O) groups is 2. The molecule has 0 unspecified atom stereocenters. The fourth-order valence-electron chi connectivity index (χ4n) is 2.14. The Bertz CT molecular complexity index is 536. The van der Waals surface area contributed by atoms with E-state index in [4.69, 9.17) is 4.74 Å². The molecule has 5 heteroatoms. The first kappa shape index (κ1) is 13.4. The number of hydrogen-bond donors (Lipinski definition) is 1. The number of ketones is 1. The maximum Gasteiger partial charge on any atom is 0.266 e. The van der Waals surface area contributed by atoms with Crippen molar-refractivity contribution in [2.75, 3.05) is 6.54 Å². The van der Waals surface area contributed by atoms with E-state index in [2.05, 4.69) is 0 Å². The molecule has 1 aromatic rings. The highest BCUT2D eigenvalue weighted by Gasteiger charge is 2.38. The van der Waals surface area contributed by atoms with Gasteiger partial charge in [0.25, 0.3) is 5.91 Å². The minimum Gasteiger partial charge on any atom is -0.508 e. The lowest BCUT2D eigenvalue weighted by Crippen LogP contribution is -2.48. The lowest BCUT2D eigenvalue weighted by atomic mass is 10.1. The maximum absolute atomic E-state index is 12.3. The number of hydrogen-bond acceptors (Lipinski definition) is 4. The number of benzene rings is 1. The van der Waals surface area contributed by atoms with Crippen LogP contribution in [0, 0.1) is 0 Å². The van der Waals surface area contributed by atoms with Crippen LogP contribution < -0.4 is 4.74 Å². The first-order valence-electron chi connectivity index (χ1n) is 6.09. The van der Waals surface area contributed by atoms with E-state index >= 15 is 0 Å². The fraction of sp³-hybridized carbons (Fsp3) is 0.429. The highest BCUT2D eigenvalue weighted by molar-refractivity contribution is 5.89. The Morgan fingerprint density at radius 1 is 1.47 bits per heavy atom. The Morgan fingerprint density at radius 3 is 2.79 bits per heavy atom. The zero-order valence-corrected chi connectivity index (χ0v) is 11.3. The van der Waals surface area contributed by atoms with Crippen LogP contribution >= 0.6 is 0 Å². The minimum absolute atomic E-state index is 0.0614. The number of aromatic hydroxyl groups is 1. The topological polar surface area (TPSA) is 66.8 Å². The third-order valence-electron chi connectivity index (χ3n) is 2.99. The summed E-state index contributed by atoms with van der Waals surface area (Å²) in [7, 11) is 0. The molecule has 1 aliphatic rings. The van der Waals surface area contributed by atoms with E-state index in [1.165, 1.54) is 24.0 Å². The molecule has 2 rings (SSSR count). The van der Waals surface area contributed by atoms with E-state index in [0.717, 1.165) is 5.56 Å². The van der Waals surface area contributed by atoms with E-state index in [1.807, 2.05) is 0 Å². The lowest BCUT2D eigenvalue weighted by molar-refractivity contribution is -0.146. The largest absolute Gasteiger partial charge is 0.508 e. The van der Waals surface area contributed by atoms with Crippen molar-refractivity contribution in [3.05, 3.63) is 23.8 Å². The van der Waals surface area contributed by atoms with Gasteiger partial charge in [0.1, 0.15) is 17.3 Å². The minimum atomic E-state index is -1.06. The average molecular weight is 263 g/mol. The van der Waals surface area contributed by atoms with Crippen molar-refractivity contribution in [2.45, 2.75) is 32.9 Å². The van der Waals surface area contributed by atoms with Gasteiger partial charge in [-0.3, -0.25) is 9.59 Å². The Morgan fingerprint density at radius 2 is 2.16 bits per heavy atom. The van der Waals surface area contributed by atoms with Crippen molar-refractivity contribution in [2.24, 2.45) is 0 Å². The number of phenolic OH excluding ortho intramolecular Hbond substituents is 1. The SMILES string of the molecule is CC(=O)CN1Cc2ccc(O)cc2OC(C)(C)C1=O. The Hall–Kier alpha value is -2.04. The van der Waals surface area contributed by atoms with E-state index in [9.17, 15) is 14.7 Å². The summed E-state index contributed by atoms with van der Waals surface area (Å²) in [5, 5.41) is 9.49. The first-order valence-corrected chi connectivity index (χ1v) is 6.09. The molecule has 102 valence electrons. The molecule has 0 atom stereocenters. The van der Waals surface area contributed by atoms with Gasteiger partial charge in [-0.2, -0.15) is 0 Å². The molecular formula is C14H17NO4. The molecule has 1 amide bonds. The molecule has 0 aromatic heterocycles. The Kier molecular flexibility index (Phi) is 3.22. The molecule has 1 aromatic carbocycles. The van der Waals surface area contributed by atoms with Gasteiger partial charge in [0, 0.05) is 18.2 Å². The van der Waals surface area contributed by atoms with Gasteiger partial charge in [0.15, 0.2) is 5.60 Å². The number of amides is 1. The molecule has 1 N–H and O–H groups in total. The quantitative estimate of drug-likeness (QED) is 0.877. The molecule has 0 spiro atoms. The highest BCUT2D eigenvalue weighted by Crippen LogP contribution is 2.32. The molecule has 0 fully saturated rings. The third-order valence-corrected chi connectivity index (χ3v) is 2.99. The van der Waals surface area contributed by atoms with Crippen LogP contribution in [0.2, 0.25) is 0 Å². The van der Waals surface area contributed by atoms with E-state index < -0.39 is 5.60 Å². The summed E-state index contributed by atoms with van der Waals surface area (Å²) in [6, 6.07) is 4.73. The van der Waals surface area contributed by atoms with Gasteiger partial charge >= 0.3 is 0 Å². The molecule has 0 saturated heterocycles. The van der Waals surface area contributed by atoms with Crippen LogP contribution in [-0.4, -0.2) is 33.8 Å². The van der Waals surface area contributed by atoms with Crippen LogP contribution in [0.3, 0.4) is 0 Å². The average Bonchev–Trinajstić information content (AvgIpc) is 2.36. The predicted octanol–water partition coefficient (Wildman–Crippen LogP) is 1.48. The third kappa shape index (κ3) is 2.70. The molecule has 19 heavy (non-hydrogen) atoms. The molecule has 0 radical (unpaired) electrons. The van der Waals surface area contributed by atoms with Crippen molar-refractivity contribution in [1.82, 2.24) is 4.90 Å². The van der Waals surface area contributed by atoms with Crippen molar-refractivity contribution >= 4 is 11.7 Å².